The quantitative estimate of drug-likeness (QED) is 0.242. The van der Waals surface area contributed by atoms with Crippen molar-refractivity contribution in [2.45, 2.75) is 25.5 Å². The van der Waals surface area contributed by atoms with Crippen LogP contribution in [0.15, 0.2) is 89.6 Å². The lowest BCUT2D eigenvalue weighted by Gasteiger charge is -2.32. The third-order valence-corrected chi connectivity index (χ3v) is 6.94. The van der Waals surface area contributed by atoms with Crippen LogP contribution >= 0.6 is 0 Å². The minimum Gasteiger partial charge on any atom is -0.497 e. The fourth-order valence-corrected chi connectivity index (χ4v) is 5.12. The van der Waals surface area contributed by atoms with Gasteiger partial charge in [-0.3, -0.25) is 4.90 Å². The van der Waals surface area contributed by atoms with E-state index in [9.17, 15) is 4.39 Å². The van der Waals surface area contributed by atoms with Crippen molar-refractivity contribution >= 4 is 11.1 Å². The van der Waals surface area contributed by atoms with Crippen LogP contribution in [0.1, 0.15) is 18.4 Å². The molecule has 3 heterocycles. The van der Waals surface area contributed by atoms with Crippen LogP contribution in [-0.2, 0) is 6.54 Å². The molecule has 6 rings (SSSR count). The van der Waals surface area contributed by atoms with Gasteiger partial charge in [0.05, 0.1) is 12.7 Å². The van der Waals surface area contributed by atoms with Crippen LogP contribution in [-0.4, -0.2) is 41.2 Å². The van der Waals surface area contributed by atoms with Crippen LogP contribution < -0.4 is 9.47 Å². The van der Waals surface area contributed by atoms with Gasteiger partial charge in [0, 0.05) is 18.7 Å². The van der Waals surface area contributed by atoms with Crippen LogP contribution in [0, 0.1) is 5.82 Å². The highest BCUT2D eigenvalue weighted by Crippen LogP contribution is 2.44. The highest BCUT2D eigenvalue weighted by atomic mass is 19.1. The van der Waals surface area contributed by atoms with Crippen LogP contribution in [0.3, 0.4) is 0 Å². The topological polar surface area (TPSA) is 60.6 Å². The average molecular weight is 510 g/mol. The van der Waals surface area contributed by atoms with E-state index in [4.69, 9.17) is 13.9 Å². The zero-order valence-electron chi connectivity index (χ0n) is 21.1. The molecule has 3 aromatic carbocycles. The predicted octanol–water partition coefficient (Wildman–Crippen LogP) is 6.75. The van der Waals surface area contributed by atoms with E-state index in [1.807, 2.05) is 30.3 Å². The number of fused-ring (bicyclic) bond motifs is 1. The summed E-state index contributed by atoms with van der Waals surface area (Å²) < 4.78 is 33.1. The van der Waals surface area contributed by atoms with Gasteiger partial charge in [-0.15, -0.1) is 0 Å². The van der Waals surface area contributed by atoms with Gasteiger partial charge in [0.2, 0.25) is 11.6 Å². The van der Waals surface area contributed by atoms with Gasteiger partial charge < -0.3 is 13.9 Å². The summed E-state index contributed by atoms with van der Waals surface area (Å²) in [5.41, 5.74) is 3.52. The molecule has 1 aliphatic rings. The summed E-state index contributed by atoms with van der Waals surface area (Å²) in [5.74, 6) is 1.18. The van der Waals surface area contributed by atoms with Gasteiger partial charge >= 0.3 is 0 Å². The minimum absolute atomic E-state index is 0.0407. The zero-order valence-corrected chi connectivity index (χ0v) is 21.1. The first-order valence-corrected chi connectivity index (χ1v) is 12.8. The van der Waals surface area contributed by atoms with Gasteiger partial charge in [-0.05, 0) is 54.8 Å². The Morgan fingerprint density at radius 1 is 0.974 bits per heavy atom. The number of furan rings is 1. The molecular formula is C31H28FN3O3. The van der Waals surface area contributed by atoms with Crippen molar-refractivity contribution in [2.24, 2.45) is 0 Å². The monoisotopic (exact) mass is 509 g/mol. The minimum atomic E-state index is -0.374. The number of nitrogens with zero attached hydrogens (tertiary/aromatic N) is 3. The molecule has 0 spiro atoms. The van der Waals surface area contributed by atoms with Crippen LogP contribution in [0.2, 0.25) is 0 Å². The Morgan fingerprint density at radius 3 is 2.55 bits per heavy atom. The Hall–Kier alpha value is -4.23. The molecule has 0 saturated carbocycles. The predicted molar refractivity (Wildman–Crippen MR) is 145 cm³/mol. The summed E-state index contributed by atoms with van der Waals surface area (Å²) in [5, 5.41) is 0.635. The van der Waals surface area contributed by atoms with Gasteiger partial charge in [-0.1, -0.05) is 54.6 Å². The number of methoxy groups -OCH3 is 1. The molecule has 2 aromatic heterocycles. The van der Waals surface area contributed by atoms with Gasteiger partial charge in [0.1, 0.15) is 35.1 Å². The van der Waals surface area contributed by atoms with E-state index >= 15 is 0 Å². The molecule has 5 aromatic rings. The molecule has 1 atom stereocenters. The first kappa shape index (κ1) is 24.1. The highest BCUT2D eigenvalue weighted by Gasteiger charge is 2.27. The molecule has 192 valence electrons. The summed E-state index contributed by atoms with van der Waals surface area (Å²) in [6.45, 7) is 2.69. The molecular weight excluding hydrogens is 481 g/mol. The second kappa shape index (κ2) is 10.6. The van der Waals surface area contributed by atoms with E-state index in [2.05, 4.69) is 39.1 Å². The summed E-state index contributed by atoms with van der Waals surface area (Å²) in [7, 11) is 1.62. The molecule has 1 fully saturated rings. The second-order valence-corrected chi connectivity index (χ2v) is 9.48. The number of hydrogen-bond donors (Lipinski definition) is 0. The third kappa shape index (κ3) is 4.85. The van der Waals surface area contributed by atoms with Crippen molar-refractivity contribution in [3.05, 3.63) is 96.6 Å². The van der Waals surface area contributed by atoms with Gasteiger partial charge in [0.15, 0.2) is 0 Å². The normalized spacial score (nSPS) is 16.0. The molecule has 38 heavy (non-hydrogen) atoms. The van der Waals surface area contributed by atoms with Crippen molar-refractivity contribution in [1.29, 1.82) is 0 Å². The lowest BCUT2D eigenvalue weighted by molar-refractivity contribution is 0.0821. The standard InChI is InChI=1S/C31H28FN3O3/c1-36-23-15-13-22(14-16-23)27-28-30(33-20-34-31(28)38-29(27)25-11-5-6-12-26(25)32)37-24-10-7-17-35(19-24)18-21-8-3-2-4-9-21/h2-6,8-9,11-16,20,24H,7,10,17-19H2,1H3. The number of piperidine rings is 1. The van der Waals surface area contributed by atoms with E-state index in [0.717, 1.165) is 43.8 Å². The second-order valence-electron chi connectivity index (χ2n) is 9.48. The van der Waals surface area contributed by atoms with E-state index in [0.29, 0.717) is 33.9 Å². The Kier molecular flexibility index (Phi) is 6.75. The molecule has 6 nitrogen and oxygen atoms in total. The summed E-state index contributed by atoms with van der Waals surface area (Å²) in [4.78, 5) is 11.3. The third-order valence-electron chi connectivity index (χ3n) is 6.94. The highest BCUT2D eigenvalue weighted by molar-refractivity contribution is 6.03. The molecule has 1 unspecified atom stereocenters. The fourth-order valence-electron chi connectivity index (χ4n) is 5.12. The van der Waals surface area contributed by atoms with Crippen molar-refractivity contribution in [3.63, 3.8) is 0 Å². The number of benzene rings is 3. The number of aromatic nitrogens is 2. The molecule has 7 heteroatoms. The Balaban J connectivity index is 1.39. The Bertz CT molecular complexity index is 1540. The molecule has 0 aliphatic carbocycles. The van der Waals surface area contributed by atoms with Gasteiger partial charge in [-0.25, -0.2) is 14.4 Å². The maximum absolute atomic E-state index is 15.0. The summed E-state index contributed by atoms with van der Waals surface area (Å²) in [6, 6.07) is 24.6. The number of halogens is 1. The number of rotatable bonds is 7. The van der Waals surface area contributed by atoms with Gasteiger partial charge in [0.25, 0.3) is 0 Å². The first-order valence-electron chi connectivity index (χ1n) is 12.8. The lowest BCUT2D eigenvalue weighted by atomic mass is 9.99. The molecule has 1 saturated heterocycles. The largest absolute Gasteiger partial charge is 0.497 e. The van der Waals surface area contributed by atoms with Crippen LogP contribution in [0.5, 0.6) is 11.6 Å². The SMILES string of the molecule is COc1ccc(-c2c(-c3ccccc3F)oc3ncnc(OC4CCCN(Cc5ccccc5)C4)c23)cc1. The van der Waals surface area contributed by atoms with Crippen molar-refractivity contribution in [3.8, 4) is 34.1 Å². The van der Waals surface area contributed by atoms with Crippen LogP contribution in [0.4, 0.5) is 4.39 Å². The van der Waals surface area contributed by atoms with E-state index in [1.54, 1.807) is 25.3 Å². The number of likely N-dealkylation sites (tertiary alicyclic amines) is 1. The Labute approximate surface area is 220 Å². The molecule has 0 bridgehead atoms. The Morgan fingerprint density at radius 2 is 1.76 bits per heavy atom. The van der Waals surface area contributed by atoms with Crippen molar-refractivity contribution < 1.29 is 18.3 Å². The average Bonchev–Trinajstić information content (AvgIpc) is 3.34. The summed E-state index contributed by atoms with van der Waals surface area (Å²) >= 11 is 0. The lowest BCUT2D eigenvalue weighted by Crippen LogP contribution is -2.40. The molecule has 0 amide bonds. The fraction of sp³-hybridized carbons (Fsp3) is 0.226. The first-order chi connectivity index (χ1) is 18.7. The molecule has 1 aliphatic heterocycles. The summed E-state index contributed by atoms with van der Waals surface area (Å²) in [6.07, 6.45) is 3.35. The molecule has 0 N–H and O–H groups in total. The van der Waals surface area contributed by atoms with E-state index < -0.39 is 0 Å². The molecule has 0 radical (unpaired) electrons. The van der Waals surface area contributed by atoms with E-state index in [1.165, 1.54) is 18.0 Å². The number of ether oxygens (including phenoxy) is 2. The van der Waals surface area contributed by atoms with Gasteiger partial charge in [-0.2, -0.15) is 0 Å². The zero-order chi connectivity index (χ0) is 25.9. The van der Waals surface area contributed by atoms with Crippen LogP contribution in [0.25, 0.3) is 33.6 Å². The maximum atomic E-state index is 15.0. The van der Waals surface area contributed by atoms with E-state index in [-0.39, 0.29) is 11.9 Å². The smallest absolute Gasteiger partial charge is 0.234 e. The maximum Gasteiger partial charge on any atom is 0.234 e. The number of hydrogen-bond acceptors (Lipinski definition) is 6. The van der Waals surface area contributed by atoms with Crippen molar-refractivity contribution in [2.75, 3.05) is 20.2 Å². The van der Waals surface area contributed by atoms with Crippen molar-refractivity contribution in [1.82, 2.24) is 14.9 Å².